The predicted octanol–water partition coefficient (Wildman–Crippen LogP) is 4.43. The average molecular weight is 269 g/mol. The standard InChI is InChI=1S/C13H14Cl2N2/c1-2-17-5-3-4-13(17)9-16-12-7-10(14)6-11(15)8-12/h3-8,16H,2,9H2,1H3. The van der Waals surface area contributed by atoms with Gasteiger partial charge in [0.25, 0.3) is 0 Å². The highest BCUT2D eigenvalue weighted by molar-refractivity contribution is 6.35. The molecule has 0 radical (unpaired) electrons. The number of anilines is 1. The van der Waals surface area contributed by atoms with Gasteiger partial charge in [-0.2, -0.15) is 0 Å². The summed E-state index contributed by atoms with van der Waals surface area (Å²) < 4.78 is 2.19. The minimum absolute atomic E-state index is 0.644. The molecule has 17 heavy (non-hydrogen) atoms. The van der Waals surface area contributed by atoms with E-state index < -0.39 is 0 Å². The van der Waals surface area contributed by atoms with E-state index in [2.05, 4.69) is 29.1 Å². The number of rotatable bonds is 4. The Hall–Kier alpha value is -1.12. The van der Waals surface area contributed by atoms with Crippen molar-refractivity contribution < 1.29 is 0 Å². The quantitative estimate of drug-likeness (QED) is 0.868. The first-order valence-electron chi connectivity index (χ1n) is 5.53. The van der Waals surface area contributed by atoms with Gasteiger partial charge in [-0.15, -0.1) is 0 Å². The van der Waals surface area contributed by atoms with Crippen LogP contribution < -0.4 is 5.32 Å². The van der Waals surface area contributed by atoms with Crippen LogP contribution in [0, 0.1) is 0 Å². The molecule has 1 aromatic heterocycles. The topological polar surface area (TPSA) is 17.0 Å². The first-order valence-corrected chi connectivity index (χ1v) is 6.28. The zero-order valence-electron chi connectivity index (χ0n) is 9.58. The van der Waals surface area contributed by atoms with Crippen molar-refractivity contribution in [2.24, 2.45) is 0 Å². The lowest BCUT2D eigenvalue weighted by Crippen LogP contribution is -2.05. The zero-order chi connectivity index (χ0) is 12.3. The van der Waals surface area contributed by atoms with Crippen LogP contribution in [-0.4, -0.2) is 4.57 Å². The van der Waals surface area contributed by atoms with Crippen LogP contribution in [0.15, 0.2) is 36.5 Å². The fourth-order valence-electron chi connectivity index (χ4n) is 1.77. The van der Waals surface area contributed by atoms with Gasteiger partial charge in [-0.25, -0.2) is 0 Å². The molecule has 0 aliphatic rings. The largest absolute Gasteiger partial charge is 0.379 e. The van der Waals surface area contributed by atoms with Gasteiger partial charge in [-0.3, -0.25) is 0 Å². The number of nitrogens with zero attached hydrogens (tertiary/aromatic N) is 1. The highest BCUT2D eigenvalue weighted by atomic mass is 35.5. The van der Waals surface area contributed by atoms with Crippen LogP contribution in [0.2, 0.25) is 10.0 Å². The minimum atomic E-state index is 0.644. The zero-order valence-corrected chi connectivity index (χ0v) is 11.1. The maximum Gasteiger partial charge on any atom is 0.0553 e. The lowest BCUT2D eigenvalue weighted by molar-refractivity contribution is 0.724. The van der Waals surface area contributed by atoms with E-state index in [1.165, 1.54) is 5.69 Å². The van der Waals surface area contributed by atoms with Gasteiger partial charge in [0.05, 0.1) is 6.54 Å². The molecule has 1 heterocycles. The van der Waals surface area contributed by atoms with Crippen LogP contribution in [0.5, 0.6) is 0 Å². The van der Waals surface area contributed by atoms with E-state index >= 15 is 0 Å². The maximum atomic E-state index is 5.94. The smallest absolute Gasteiger partial charge is 0.0553 e. The van der Waals surface area contributed by atoms with Gasteiger partial charge in [0.15, 0.2) is 0 Å². The highest BCUT2D eigenvalue weighted by Crippen LogP contribution is 2.22. The van der Waals surface area contributed by atoms with E-state index in [1.807, 2.05) is 18.2 Å². The van der Waals surface area contributed by atoms with E-state index in [0.717, 1.165) is 18.8 Å². The molecule has 0 unspecified atom stereocenters. The van der Waals surface area contributed by atoms with Crippen LogP contribution in [0.4, 0.5) is 5.69 Å². The minimum Gasteiger partial charge on any atom is -0.379 e. The molecule has 0 aliphatic heterocycles. The Balaban J connectivity index is 2.07. The van der Waals surface area contributed by atoms with Crippen LogP contribution in [0.3, 0.4) is 0 Å². The predicted molar refractivity (Wildman–Crippen MR) is 73.9 cm³/mol. The number of hydrogen-bond donors (Lipinski definition) is 1. The molecule has 2 nitrogen and oxygen atoms in total. The summed E-state index contributed by atoms with van der Waals surface area (Å²) >= 11 is 11.9. The molecule has 0 bridgehead atoms. The lowest BCUT2D eigenvalue weighted by atomic mass is 10.3. The van der Waals surface area contributed by atoms with Gasteiger partial charge in [-0.1, -0.05) is 23.2 Å². The molecule has 0 amide bonds. The van der Waals surface area contributed by atoms with Crippen molar-refractivity contribution in [2.45, 2.75) is 20.0 Å². The third-order valence-corrected chi connectivity index (χ3v) is 3.04. The molecular formula is C13H14Cl2N2. The molecule has 1 N–H and O–H groups in total. The van der Waals surface area contributed by atoms with Crippen molar-refractivity contribution in [3.05, 3.63) is 52.3 Å². The van der Waals surface area contributed by atoms with Gasteiger partial charge in [0.2, 0.25) is 0 Å². The van der Waals surface area contributed by atoms with E-state index in [0.29, 0.717) is 10.0 Å². The first-order chi connectivity index (χ1) is 8.19. The van der Waals surface area contributed by atoms with Crippen molar-refractivity contribution in [3.63, 3.8) is 0 Å². The number of aromatic nitrogens is 1. The molecule has 2 aromatic rings. The van der Waals surface area contributed by atoms with Gasteiger partial charge < -0.3 is 9.88 Å². The Labute approximate surface area is 111 Å². The van der Waals surface area contributed by atoms with Crippen LogP contribution in [-0.2, 0) is 13.1 Å². The Kier molecular flexibility index (Phi) is 3.97. The molecule has 0 fully saturated rings. The average Bonchev–Trinajstić information content (AvgIpc) is 2.72. The summed E-state index contributed by atoms with van der Waals surface area (Å²) in [6.45, 7) is 3.86. The number of nitrogens with one attached hydrogen (secondary N) is 1. The molecule has 0 spiro atoms. The first kappa shape index (κ1) is 12.3. The summed E-state index contributed by atoms with van der Waals surface area (Å²) in [6.07, 6.45) is 2.07. The second-order valence-electron chi connectivity index (χ2n) is 3.80. The summed E-state index contributed by atoms with van der Waals surface area (Å²) in [5.74, 6) is 0. The van der Waals surface area contributed by atoms with Gasteiger partial charge in [0.1, 0.15) is 0 Å². The monoisotopic (exact) mass is 268 g/mol. The van der Waals surface area contributed by atoms with Crippen molar-refractivity contribution in [1.29, 1.82) is 0 Å². The normalized spacial score (nSPS) is 10.5. The molecule has 2 rings (SSSR count). The Morgan fingerprint density at radius 1 is 1.18 bits per heavy atom. The SMILES string of the molecule is CCn1cccc1CNc1cc(Cl)cc(Cl)c1. The van der Waals surface area contributed by atoms with Crippen molar-refractivity contribution >= 4 is 28.9 Å². The second-order valence-corrected chi connectivity index (χ2v) is 4.67. The van der Waals surface area contributed by atoms with Gasteiger partial charge in [0, 0.05) is 34.2 Å². The van der Waals surface area contributed by atoms with Crippen LogP contribution in [0.25, 0.3) is 0 Å². The number of hydrogen-bond acceptors (Lipinski definition) is 1. The number of benzene rings is 1. The van der Waals surface area contributed by atoms with Crippen molar-refractivity contribution in [1.82, 2.24) is 4.57 Å². The summed E-state index contributed by atoms with van der Waals surface area (Å²) in [5.41, 5.74) is 2.18. The van der Waals surface area contributed by atoms with Gasteiger partial charge in [-0.05, 0) is 37.3 Å². The molecule has 4 heteroatoms. The molecule has 90 valence electrons. The molecular weight excluding hydrogens is 255 g/mol. The lowest BCUT2D eigenvalue weighted by Gasteiger charge is -2.10. The van der Waals surface area contributed by atoms with Crippen molar-refractivity contribution in [2.75, 3.05) is 5.32 Å². The number of halogens is 2. The summed E-state index contributed by atoms with van der Waals surface area (Å²) in [6, 6.07) is 9.61. The maximum absolute atomic E-state index is 5.94. The molecule has 0 saturated carbocycles. The fourth-order valence-corrected chi connectivity index (χ4v) is 2.29. The number of aryl methyl sites for hydroxylation is 1. The fraction of sp³-hybridized carbons (Fsp3) is 0.231. The summed E-state index contributed by atoms with van der Waals surface area (Å²) in [4.78, 5) is 0. The molecule has 0 saturated heterocycles. The highest BCUT2D eigenvalue weighted by Gasteiger charge is 2.01. The van der Waals surface area contributed by atoms with E-state index in [-0.39, 0.29) is 0 Å². The summed E-state index contributed by atoms with van der Waals surface area (Å²) in [5, 5.41) is 4.60. The molecule has 0 aliphatic carbocycles. The van der Waals surface area contributed by atoms with E-state index in [4.69, 9.17) is 23.2 Å². The molecule has 1 aromatic carbocycles. The van der Waals surface area contributed by atoms with Gasteiger partial charge >= 0.3 is 0 Å². The second kappa shape index (κ2) is 5.48. The third-order valence-electron chi connectivity index (χ3n) is 2.60. The van der Waals surface area contributed by atoms with Crippen molar-refractivity contribution in [3.8, 4) is 0 Å². The Morgan fingerprint density at radius 3 is 2.53 bits per heavy atom. The summed E-state index contributed by atoms with van der Waals surface area (Å²) in [7, 11) is 0. The van der Waals surface area contributed by atoms with E-state index in [1.54, 1.807) is 6.07 Å². The third kappa shape index (κ3) is 3.18. The Bertz CT molecular complexity index is 486. The van der Waals surface area contributed by atoms with Crippen LogP contribution >= 0.6 is 23.2 Å². The molecule has 0 atom stereocenters. The Morgan fingerprint density at radius 2 is 1.88 bits per heavy atom. The van der Waals surface area contributed by atoms with Crippen LogP contribution in [0.1, 0.15) is 12.6 Å². The van der Waals surface area contributed by atoms with E-state index in [9.17, 15) is 0 Å².